The molecule has 0 amide bonds. The zero-order valence-electron chi connectivity index (χ0n) is 26.1. The minimum atomic E-state index is 0.651. The zero-order valence-corrected chi connectivity index (χ0v) is 26.1. The number of hydrogen-bond donors (Lipinski definition) is 0. The van der Waals surface area contributed by atoms with Gasteiger partial charge in [0.1, 0.15) is 0 Å². The van der Waals surface area contributed by atoms with Crippen molar-refractivity contribution in [3.05, 3.63) is 176 Å². The first-order valence-electron chi connectivity index (χ1n) is 16.2. The Hall–Kier alpha value is -6.45. The van der Waals surface area contributed by atoms with Gasteiger partial charge < -0.3 is 0 Å². The van der Waals surface area contributed by atoms with Gasteiger partial charge >= 0.3 is 0 Å². The van der Waals surface area contributed by atoms with Crippen molar-refractivity contribution in [1.82, 2.24) is 15.0 Å². The number of aromatic nitrogens is 3. The van der Waals surface area contributed by atoms with Crippen LogP contribution in [0.2, 0.25) is 0 Å². The Bertz CT molecular complexity index is 2520. The van der Waals surface area contributed by atoms with E-state index in [9.17, 15) is 0 Å². The minimum absolute atomic E-state index is 0.651. The van der Waals surface area contributed by atoms with Gasteiger partial charge in [0, 0.05) is 16.7 Å². The van der Waals surface area contributed by atoms with Gasteiger partial charge in [-0.05, 0) is 54.6 Å². The maximum absolute atomic E-state index is 5.10. The van der Waals surface area contributed by atoms with Crippen molar-refractivity contribution in [2.75, 3.05) is 0 Å². The average molecular weight is 612 g/mol. The lowest BCUT2D eigenvalue weighted by Crippen LogP contribution is -2.00. The SMILES string of the molecule is c1ccc(-c2nc(-c3ccccc3)nc(-c3cccc4c3ccc3c(-c5ccccc5)c5ccccc5c(-c5ccccc5)c34)n2)cc1. The van der Waals surface area contributed by atoms with Crippen LogP contribution in [0.3, 0.4) is 0 Å². The minimum Gasteiger partial charge on any atom is -0.208 e. The highest BCUT2D eigenvalue weighted by Gasteiger charge is 2.20. The zero-order chi connectivity index (χ0) is 31.9. The molecule has 0 bridgehead atoms. The van der Waals surface area contributed by atoms with E-state index in [0.717, 1.165) is 27.5 Å². The second kappa shape index (κ2) is 11.7. The quantitative estimate of drug-likeness (QED) is 0.144. The second-order valence-electron chi connectivity index (χ2n) is 12.0. The van der Waals surface area contributed by atoms with Gasteiger partial charge in [-0.1, -0.05) is 176 Å². The third-order valence-corrected chi connectivity index (χ3v) is 9.11. The fourth-order valence-electron chi connectivity index (χ4n) is 6.98. The van der Waals surface area contributed by atoms with Crippen molar-refractivity contribution >= 4 is 32.3 Å². The van der Waals surface area contributed by atoms with Crippen LogP contribution in [0.1, 0.15) is 0 Å². The highest BCUT2D eigenvalue weighted by Crippen LogP contribution is 2.47. The lowest BCUT2D eigenvalue weighted by atomic mass is 9.83. The summed E-state index contributed by atoms with van der Waals surface area (Å²) in [6, 6.07) is 61.7. The van der Waals surface area contributed by atoms with Gasteiger partial charge in [-0.3, -0.25) is 0 Å². The van der Waals surface area contributed by atoms with Crippen LogP contribution >= 0.6 is 0 Å². The van der Waals surface area contributed by atoms with Crippen molar-refractivity contribution in [3.63, 3.8) is 0 Å². The van der Waals surface area contributed by atoms with E-state index in [1.54, 1.807) is 0 Å². The Morgan fingerprint density at radius 2 is 0.667 bits per heavy atom. The first kappa shape index (κ1) is 27.8. The standard InChI is InChI=1S/C45H29N3/c1-5-16-30(17-6-1)40-36-24-13-14-25-37(36)41(31-18-7-2-8-19-31)42-35-26-15-27-38(34(35)28-29-39(40)42)45-47-43(32-20-9-3-10-21-32)46-44(48-45)33-22-11-4-12-23-33/h1-29H. The van der Waals surface area contributed by atoms with Gasteiger partial charge in [-0.15, -0.1) is 0 Å². The molecule has 3 heteroatoms. The summed E-state index contributed by atoms with van der Waals surface area (Å²) >= 11 is 0. The molecule has 224 valence electrons. The number of benzene rings is 8. The number of rotatable bonds is 5. The van der Waals surface area contributed by atoms with Crippen LogP contribution in [0, 0.1) is 0 Å². The highest BCUT2D eigenvalue weighted by molar-refractivity contribution is 6.28. The van der Waals surface area contributed by atoms with Crippen molar-refractivity contribution in [3.8, 4) is 56.4 Å². The first-order valence-corrected chi connectivity index (χ1v) is 16.2. The van der Waals surface area contributed by atoms with Crippen LogP contribution in [-0.4, -0.2) is 15.0 Å². The van der Waals surface area contributed by atoms with E-state index in [4.69, 9.17) is 15.0 Å². The summed E-state index contributed by atoms with van der Waals surface area (Å²) in [6.07, 6.45) is 0. The molecule has 0 fully saturated rings. The van der Waals surface area contributed by atoms with E-state index in [0.29, 0.717) is 17.5 Å². The van der Waals surface area contributed by atoms with Crippen LogP contribution in [0.5, 0.6) is 0 Å². The maximum atomic E-state index is 5.10. The smallest absolute Gasteiger partial charge is 0.164 e. The van der Waals surface area contributed by atoms with Crippen LogP contribution < -0.4 is 0 Å². The van der Waals surface area contributed by atoms with Crippen molar-refractivity contribution < 1.29 is 0 Å². The van der Waals surface area contributed by atoms with Crippen LogP contribution in [0.4, 0.5) is 0 Å². The summed E-state index contributed by atoms with van der Waals surface area (Å²) in [5.74, 6) is 1.96. The van der Waals surface area contributed by atoms with E-state index in [-0.39, 0.29) is 0 Å². The highest BCUT2D eigenvalue weighted by atomic mass is 15.0. The first-order chi connectivity index (χ1) is 23.8. The third kappa shape index (κ3) is 4.72. The Kier molecular flexibility index (Phi) is 6.80. The second-order valence-corrected chi connectivity index (χ2v) is 12.0. The van der Waals surface area contributed by atoms with Gasteiger partial charge in [0.15, 0.2) is 17.5 Å². The average Bonchev–Trinajstić information content (AvgIpc) is 3.17. The maximum Gasteiger partial charge on any atom is 0.164 e. The van der Waals surface area contributed by atoms with E-state index in [2.05, 4.69) is 115 Å². The van der Waals surface area contributed by atoms with Gasteiger partial charge in [0.25, 0.3) is 0 Å². The predicted molar refractivity (Wildman–Crippen MR) is 200 cm³/mol. The molecule has 8 aromatic carbocycles. The number of fused-ring (bicyclic) bond motifs is 4. The molecule has 0 radical (unpaired) electrons. The van der Waals surface area contributed by atoms with Crippen molar-refractivity contribution in [1.29, 1.82) is 0 Å². The molecule has 0 unspecified atom stereocenters. The molecule has 9 rings (SSSR count). The summed E-state index contributed by atoms with van der Waals surface area (Å²) < 4.78 is 0. The van der Waals surface area contributed by atoms with Crippen LogP contribution in [-0.2, 0) is 0 Å². The Morgan fingerprint density at radius 3 is 1.23 bits per heavy atom. The lowest BCUT2D eigenvalue weighted by molar-refractivity contribution is 1.08. The van der Waals surface area contributed by atoms with Gasteiger partial charge in [-0.2, -0.15) is 0 Å². The summed E-state index contributed by atoms with van der Waals surface area (Å²) in [4.78, 5) is 15.1. The molecule has 0 aliphatic heterocycles. The molecule has 0 spiro atoms. The fraction of sp³-hybridized carbons (Fsp3) is 0. The van der Waals surface area contributed by atoms with Crippen molar-refractivity contribution in [2.24, 2.45) is 0 Å². The van der Waals surface area contributed by atoms with Gasteiger partial charge in [0.2, 0.25) is 0 Å². The van der Waals surface area contributed by atoms with Gasteiger partial charge in [0.05, 0.1) is 0 Å². The fourth-order valence-corrected chi connectivity index (χ4v) is 6.98. The molecule has 3 nitrogen and oxygen atoms in total. The van der Waals surface area contributed by atoms with Crippen molar-refractivity contribution in [2.45, 2.75) is 0 Å². The van der Waals surface area contributed by atoms with E-state index in [1.165, 1.54) is 43.8 Å². The normalized spacial score (nSPS) is 11.3. The molecular weight excluding hydrogens is 583 g/mol. The molecule has 0 atom stereocenters. The summed E-state index contributed by atoms with van der Waals surface area (Å²) in [5, 5.41) is 7.16. The summed E-state index contributed by atoms with van der Waals surface area (Å²) in [6.45, 7) is 0. The molecule has 0 aliphatic rings. The molecule has 9 aromatic rings. The number of nitrogens with zero attached hydrogens (tertiary/aromatic N) is 3. The molecule has 0 saturated heterocycles. The van der Waals surface area contributed by atoms with Gasteiger partial charge in [-0.25, -0.2) is 15.0 Å². The van der Waals surface area contributed by atoms with E-state index >= 15 is 0 Å². The molecule has 0 aliphatic carbocycles. The molecule has 0 N–H and O–H groups in total. The molecule has 1 heterocycles. The van der Waals surface area contributed by atoms with E-state index < -0.39 is 0 Å². The topological polar surface area (TPSA) is 38.7 Å². The Labute approximate surface area is 278 Å². The number of hydrogen-bond acceptors (Lipinski definition) is 3. The monoisotopic (exact) mass is 611 g/mol. The molecule has 1 aromatic heterocycles. The molecule has 48 heavy (non-hydrogen) atoms. The predicted octanol–water partition coefficient (Wildman–Crippen LogP) is 11.7. The Morgan fingerprint density at radius 1 is 0.250 bits per heavy atom. The lowest BCUT2D eigenvalue weighted by Gasteiger charge is -2.20. The summed E-state index contributed by atoms with van der Waals surface area (Å²) in [7, 11) is 0. The summed E-state index contributed by atoms with van der Waals surface area (Å²) in [5.41, 5.74) is 7.74. The molecular formula is C45H29N3. The Balaban J connectivity index is 1.40. The van der Waals surface area contributed by atoms with Crippen LogP contribution in [0.25, 0.3) is 88.7 Å². The van der Waals surface area contributed by atoms with Crippen LogP contribution in [0.15, 0.2) is 176 Å². The third-order valence-electron chi connectivity index (χ3n) is 9.11. The molecule has 0 saturated carbocycles. The largest absolute Gasteiger partial charge is 0.208 e. The van der Waals surface area contributed by atoms with E-state index in [1.807, 2.05) is 60.7 Å².